The van der Waals surface area contributed by atoms with Gasteiger partial charge < -0.3 is 19.7 Å². The van der Waals surface area contributed by atoms with E-state index in [1.54, 1.807) is 31.2 Å². The van der Waals surface area contributed by atoms with E-state index in [0.717, 1.165) is 16.9 Å². The summed E-state index contributed by atoms with van der Waals surface area (Å²) in [4.78, 5) is 27.8. The molecule has 2 amide bonds. The van der Waals surface area contributed by atoms with Crippen LogP contribution < -0.4 is 14.8 Å². The third-order valence-corrected chi connectivity index (χ3v) is 5.65. The summed E-state index contributed by atoms with van der Waals surface area (Å²) in [6, 6.07) is 22.1. The lowest BCUT2D eigenvalue weighted by Crippen LogP contribution is -2.49. The molecule has 0 spiro atoms. The minimum absolute atomic E-state index is 0.169. The summed E-state index contributed by atoms with van der Waals surface area (Å²) >= 11 is 0. The molecule has 0 fully saturated rings. The lowest BCUT2D eigenvalue weighted by molar-refractivity contribution is -0.141. The topological polar surface area (TPSA) is 67.9 Å². The van der Waals surface area contributed by atoms with Crippen LogP contribution in [-0.4, -0.2) is 43.5 Å². The smallest absolute Gasteiger partial charge is 0.242 e. The fourth-order valence-corrected chi connectivity index (χ4v) is 3.74. The molecule has 1 N–H and O–H groups in total. The van der Waals surface area contributed by atoms with Gasteiger partial charge in [0.15, 0.2) is 0 Å². The van der Waals surface area contributed by atoms with Gasteiger partial charge in [-0.15, -0.1) is 0 Å². The average Bonchev–Trinajstić information content (AvgIpc) is 2.90. The molecule has 0 unspecified atom stereocenters. The molecule has 3 aromatic rings. The van der Waals surface area contributed by atoms with Crippen molar-refractivity contribution in [1.82, 2.24) is 10.2 Å². The molecule has 0 aliphatic heterocycles. The van der Waals surface area contributed by atoms with Gasteiger partial charge >= 0.3 is 0 Å². The van der Waals surface area contributed by atoms with Crippen LogP contribution in [0.25, 0.3) is 0 Å². The molecule has 0 aliphatic carbocycles. The molecule has 1 atom stereocenters. The van der Waals surface area contributed by atoms with E-state index < -0.39 is 6.04 Å². The number of nitrogens with one attached hydrogen (secondary N) is 1. The van der Waals surface area contributed by atoms with Crippen LogP contribution in [0.15, 0.2) is 78.9 Å². The Balaban J connectivity index is 1.71. The number of methoxy groups -OCH3 is 1. The average molecular weight is 479 g/mol. The van der Waals surface area contributed by atoms with Crippen molar-refractivity contribution in [2.75, 3.05) is 20.8 Å². The largest absolute Gasteiger partial charge is 0.497 e. The second-order valence-electron chi connectivity index (χ2n) is 8.10. The highest BCUT2D eigenvalue weighted by Gasteiger charge is 2.29. The number of carbonyl (C=O) groups is 2. The summed E-state index contributed by atoms with van der Waals surface area (Å²) in [6.07, 6.45) is 1.06. The minimum Gasteiger partial charge on any atom is -0.497 e. The van der Waals surface area contributed by atoms with Crippen LogP contribution in [0, 0.1) is 5.82 Å². The van der Waals surface area contributed by atoms with Crippen LogP contribution in [0.4, 0.5) is 4.39 Å². The molecule has 3 rings (SSSR count). The van der Waals surface area contributed by atoms with Gasteiger partial charge in [-0.2, -0.15) is 0 Å². The summed E-state index contributed by atoms with van der Waals surface area (Å²) in [5, 5.41) is 2.69. The zero-order valence-electron chi connectivity index (χ0n) is 20.1. The maximum absolute atomic E-state index is 13.4. The second kappa shape index (κ2) is 13.1. The molecule has 184 valence electrons. The maximum atomic E-state index is 13.4. The van der Waals surface area contributed by atoms with E-state index in [1.807, 2.05) is 54.6 Å². The Hall–Kier alpha value is -3.87. The van der Waals surface area contributed by atoms with Gasteiger partial charge in [-0.25, -0.2) is 4.39 Å². The third kappa shape index (κ3) is 7.84. The van der Waals surface area contributed by atoms with Crippen LogP contribution >= 0.6 is 0 Å². The van der Waals surface area contributed by atoms with Crippen molar-refractivity contribution in [1.29, 1.82) is 0 Å². The number of ether oxygens (including phenoxy) is 2. The first kappa shape index (κ1) is 25.7. The first-order chi connectivity index (χ1) is 17.0. The third-order valence-electron chi connectivity index (χ3n) is 5.65. The number of hydrogen-bond donors (Lipinski definition) is 1. The number of amides is 2. The van der Waals surface area contributed by atoms with Crippen LogP contribution in [0.5, 0.6) is 11.5 Å². The summed E-state index contributed by atoms with van der Waals surface area (Å²) in [5.41, 5.74) is 1.69. The lowest BCUT2D eigenvalue weighted by Gasteiger charge is -2.31. The SMILES string of the molecule is CNC(=O)[C@@H](Cc1ccccc1)N(Cc1ccc(F)cc1)C(=O)CCCOc1ccc(OC)cc1. The van der Waals surface area contributed by atoms with E-state index >= 15 is 0 Å². The Morgan fingerprint density at radius 3 is 2.20 bits per heavy atom. The highest BCUT2D eigenvalue weighted by atomic mass is 19.1. The molecule has 3 aromatic carbocycles. The van der Waals surface area contributed by atoms with Crippen LogP contribution in [-0.2, 0) is 22.6 Å². The number of nitrogens with zero attached hydrogens (tertiary/aromatic N) is 1. The van der Waals surface area contributed by atoms with Gasteiger partial charge in [0.2, 0.25) is 11.8 Å². The molecule has 0 saturated carbocycles. The Kier molecular flexibility index (Phi) is 9.66. The number of benzene rings is 3. The Morgan fingerprint density at radius 2 is 1.57 bits per heavy atom. The zero-order valence-corrected chi connectivity index (χ0v) is 20.1. The van der Waals surface area contributed by atoms with Gasteiger partial charge in [0, 0.05) is 26.4 Å². The number of hydrogen-bond acceptors (Lipinski definition) is 4. The van der Waals surface area contributed by atoms with Gasteiger partial charge in [-0.1, -0.05) is 42.5 Å². The monoisotopic (exact) mass is 478 g/mol. The van der Waals surface area contributed by atoms with E-state index in [-0.39, 0.29) is 30.6 Å². The second-order valence-corrected chi connectivity index (χ2v) is 8.10. The summed E-state index contributed by atoms with van der Waals surface area (Å²) in [5.74, 6) is 0.654. The summed E-state index contributed by atoms with van der Waals surface area (Å²) < 4.78 is 24.3. The zero-order chi connectivity index (χ0) is 25.0. The number of likely N-dealkylation sites (N-methyl/N-ethyl adjacent to an activating group) is 1. The molecule has 0 heterocycles. The Bertz CT molecular complexity index is 1070. The fourth-order valence-electron chi connectivity index (χ4n) is 3.74. The summed E-state index contributed by atoms with van der Waals surface area (Å²) in [6.45, 7) is 0.551. The van der Waals surface area contributed by atoms with Crippen LogP contribution in [0.1, 0.15) is 24.0 Å². The van der Waals surface area contributed by atoms with Gasteiger partial charge in [0.05, 0.1) is 13.7 Å². The van der Waals surface area contributed by atoms with Gasteiger partial charge in [0.1, 0.15) is 23.4 Å². The number of rotatable bonds is 12. The van der Waals surface area contributed by atoms with Crippen molar-refractivity contribution in [2.45, 2.75) is 31.8 Å². The predicted molar refractivity (Wildman–Crippen MR) is 133 cm³/mol. The molecule has 7 heteroatoms. The van der Waals surface area contributed by atoms with E-state index in [9.17, 15) is 14.0 Å². The van der Waals surface area contributed by atoms with Gasteiger partial charge in [0.25, 0.3) is 0 Å². The predicted octanol–water partition coefficient (Wildman–Crippen LogP) is 4.38. The maximum Gasteiger partial charge on any atom is 0.242 e. The highest BCUT2D eigenvalue weighted by Crippen LogP contribution is 2.19. The molecule has 0 aromatic heterocycles. The van der Waals surface area contributed by atoms with Crippen molar-refractivity contribution in [2.24, 2.45) is 0 Å². The Morgan fingerprint density at radius 1 is 0.914 bits per heavy atom. The van der Waals surface area contributed by atoms with Crippen molar-refractivity contribution in [3.05, 3.63) is 95.8 Å². The number of halogens is 1. The van der Waals surface area contributed by atoms with Crippen molar-refractivity contribution < 1.29 is 23.5 Å². The number of carbonyl (C=O) groups excluding carboxylic acids is 2. The highest BCUT2D eigenvalue weighted by molar-refractivity contribution is 5.87. The standard InChI is InChI=1S/C28H31FN2O4/c1-30-28(33)26(19-21-7-4-3-5-8-21)31(20-22-10-12-23(29)13-11-22)27(32)9-6-18-35-25-16-14-24(34-2)15-17-25/h3-5,7-8,10-17,26H,6,9,18-20H2,1-2H3,(H,30,33)/t26-/m1/s1. The van der Waals surface area contributed by atoms with Crippen molar-refractivity contribution in [3.63, 3.8) is 0 Å². The van der Waals surface area contributed by atoms with Gasteiger partial charge in [-0.05, 0) is 53.9 Å². The van der Waals surface area contributed by atoms with Crippen molar-refractivity contribution in [3.8, 4) is 11.5 Å². The molecule has 0 bridgehead atoms. The lowest BCUT2D eigenvalue weighted by atomic mass is 10.0. The fraction of sp³-hybridized carbons (Fsp3) is 0.286. The van der Waals surface area contributed by atoms with E-state index in [4.69, 9.17) is 9.47 Å². The first-order valence-electron chi connectivity index (χ1n) is 11.6. The molecule has 6 nitrogen and oxygen atoms in total. The quantitative estimate of drug-likeness (QED) is 0.393. The van der Waals surface area contributed by atoms with E-state index in [1.165, 1.54) is 12.1 Å². The normalized spacial score (nSPS) is 11.4. The Labute approximate surface area is 205 Å². The molecule has 0 saturated heterocycles. The van der Waals surface area contributed by atoms with E-state index in [0.29, 0.717) is 25.2 Å². The molecule has 0 radical (unpaired) electrons. The van der Waals surface area contributed by atoms with Gasteiger partial charge in [-0.3, -0.25) is 9.59 Å². The minimum atomic E-state index is -0.706. The molecule has 0 aliphatic rings. The first-order valence-corrected chi connectivity index (χ1v) is 11.6. The van der Waals surface area contributed by atoms with Crippen LogP contribution in [0.3, 0.4) is 0 Å². The van der Waals surface area contributed by atoms with Crippen LogP contribution in [0.2, 0.25) is 0 Å². The van der Waals surface area contributed by atoms with Crippen molar-refractivity contribution >= 4 is 11.8 Å². The van der Waals surface area contributed by atoms with E-state index in [2.05, 4.69) is 5.32 Å². The molecular weight excluding hydrogens is 447 g/mol. The summed E-state index contributed by atoms with van der Waals surface area (Å²) in [7, 11) is 3.16. The molecular formula is C28H31FN2O4. The molecule has 35 heavy (non-hydrogen) atoms.